The largest absolute Gasteiger partial charge is 0.486 e. The predicted molar refractivity (Wildman–Crippen MR) is 128 cm³/mol. The molecule has 1 N–H and O–H groups in total. The fourth-order valence-corrected chi connectivity index (χ4v) is 6.29. The number of aromatic amines is 1. The Morgan fingerprint density at radius 2 is 1.85 bits per heavy atom. The topological polar surface area (TPSA) is 97.9 Å². The zero-order valence-corrected chi connectivity index (χ0v) is 20.2. The minimum atomic E-state index is -3.95. The van der Waals surface area contributed by atoms with Crippen molar-refractivity contribution in [1.82, 2.24) is 9.29 Å². The summed E-state index contributed by atoms with van der Waals surface area (Å²) in [4.78, 5) is 15.9. The molecule has 1 aromatic heterocycles. The van der Waals surface area contributed by atoms with Gasteiger partial charge in [0.25, 0.3) is 5.56 Å². The highest BCUT2D eigenvalue weighted by Gasteiger charge is 2.31. The summed E-state index contributed by atoms with van der Waals surface area (Å²) in [7, 11) is -3.95. The molecular weight excluding hydrogens is 480 g/mol. The van der Waals surface area contributed by atoms with Gasteiger partial charge in [0.05, 0.1) is 16.5 Å². The van der Waals surface area contributed by atoms with E-state index < -0.39 is 10.0 Å². The van der Waals surface area contributed by atoms with Crippen molar-refractivity contribution in [3.05, 3.63) is 62.9 Å². The van der Waals surface area contributed by atoms with Crippen LogP contribution in [0.3, 0.4) is 0 Å². The summed E-state index contributed by atoms with van der Waals surface area (Å²) >= 11 is 6.12. The Hall–Kier alpha value is -2.59. The first-order chi connectivity index (χ1) is 16.3. The van der Waals surface area contributed by atoms with Crippen molar-refractivity contribution >= 4 is 32.5 Å². The second-order valence-corrected chi connectivity index (χ2v) is 10.9. The van der Waals surface area contributed by atoms with E-state index in [4.69, 9.17) is 25.8 Å². The Morgan fingerprint density at radius 1 is 1.09 bits per heavy atom. The van der Waals surface area contributed by atoms with Crippen LogP contribution in [0.25, 0.3) is 10.9 Å². The molecule has 0 radical (unpaired) electrons. The van der Waals surface area contributed by atoms with Crippen molar-refractivity contribution in [2.45, 2.75) is 37.3 Å². The molecule has 3 heterocycles. The SMILES string of the molecule is Cc1ccc(Cl)cc1S(=O)(=O)N(Cc1cc2cc3c(cc2[nH]c1=O)OCCO3)C[C@H]1CCCO1. The summed E-state index contributed by atoms with van der Waals surface area (Å²) in [6.07, 6.45) is 1.41. The van der Waals surface area contributed by atoms with E-state index in [2.05, 4.69) is 4.98 Å². The molecular formula is C24H25ClN2O6S. The number of halogens is 1. The Labute approximate surface area is 202 Å². The van der Waals surface area contributed by atoms with Gasteiger partial charge in [0.2, 0.25) is 10.0 Å². The summed E-state index contributed by atoms with van der Waals surface area (Å²) < 4.78 is 45.7. The lowest BCUT2D eigenvalue weighted by Gasteiger charge is -2.26. The molecule has 2 aliphatic rings. The Bertz CT molecular complexity index is 1400. The van der Waals surface area contributed by atoms with Crippen LogP contribution in [0.2, 0.25) is 5.02 Å². The Balaban J connectivity index is 1.55. The third-order valence-electron chi connectivity index (χ3n) is 6.13. The van der Waals surface area contributed by atoms with Gasteiger partial charge in [-0.3, -0.25) is 4.79 Å². The smallest absolute Gasteiger partial charge is 0.252 e. The molecule has 0 saturated carbocycles. The van der Waals surface area contributed by atoms with E-state index in [1.807, 2.05) is 0 Å². The molecule has 1 fully saturated rings. The molecule has 5 rings (SSSR count). The number of fused-ring (bicyclic) bond motifs is 2. The maximum absolute atomic E-state index is 13.7. The number of rotatable bonds is 6. The lowest BCUT2D eigenvalue weighted by molar-refractivity contribution is 0.0925. The molecule has 0 bridgehead atoms. The van der Waals surface area contributed by atoms with Crippen LogP contribution in [0.4, 0.5) is 0 Å². The Kier molecular flexibility index (Phi) is 6.28. The monoisotopic (exact) mass is 504 g/mol. The molecule has 0 unspecified atom stereocenters. The quantitative estimate of drug-likeness (QED) is 0.550. The third-order valence-corrected chi connectivity index (χ3v) is 8.32. The first-order valence-corrected chi connectivity index (χ1v) is 13.0. The van der Waals surface area contributed by atoms with Crippen molar-refractivity contribution in [2.75, 3.05) is 26.4 Å². The third kappa shape index (κ3) is 4.53. The standard InChI is InChI=1S/C24H25ClN2O6S/c1-15-4-5-18(25)11-23(15)34(29,30)27(14-19-3-2-6-31-19)13-17-9-16-10-21-22(33-8-7-32-21)12-20(16)26-24(17)28/h4-5,9-12,19H,2-3,6-8,13-14H2,1H3,(H,26,28)/t19-/m1/s1. The van der Waals surface area contributed by atoms with Crippen LogP contribution in [0.15, 0.2) is 46.1 Å². The van der Waals surface area contributed by atoms with Gasteiger partial charge in [-0.1, -0.05) is 17.7 Å². The number of ether oxygens (including phenoxy) is 3. The van der Waals surface area contributed by atoms with Crippen LogP contribution in [0, 0.1) is 6.92 Å². The molecule has 0 aliphatic carbocycles. The van der Waals surface area contributed by atoms with Gasteiger partial charge in [-0.15, -0.1) is 0 Å². The molecule has 1 atom stereocenters. The molecule has 2 aromatic carbocycles. The highest BCUT2D eigenvalue weighted by atomic mass is 35.5. The summed E-state index contributed by atoms with van der Waals surface area (Å²) in [6, 6.07) is 10.0. The lowest BCUT2D eigenvalue weighted by atomic mass is 10.1. The predicted octanol–water partition coefficient (Wildman–Crippen LogP) is 3.63. The van der Waals surface area contributed by atoms with Crippen molar-refractivity contribution in [1.29, 1.82) is 0 Å². The first-order valence-electron chi connectivity index (χ1n) is 11.1. The van der Waals surface area contributed by atoms with E-state index >= 15 is 0 Å². The number of sulfonamides is 1. The van der Waals surface area contributed by atoms with Gasteiger partial charge in [-0.2, -0.15) is 4.31 Å². The van der Waals surface area contributed by atoms with Crippen molar-refractivity contribution < 1.29 is 22.6 Å². The van der Waals surface area contributed by atoms with Gasteiger partial charge in [0.15, 0.2) is 11.5 Å². The molecule has 10 heteroatoms. The Morgan fingerprint density at radius 3 is 2.59 bits per heavy atom. The van der Waals surface area contributed by atoms with Crippen molar-refractivity contribution in [3.63, 3.8) is 0 Å². The maximum atomic E-state index is 13.7. The number of hydrogen-bond acceptors (Lipinski definition) is 6. The van der Waals surface area contributed by atoms with Crippen LogP contribution in [0.5, 0.6) is 11.5 Å². The second kappa shape index (κ2) is 9.22. The maximum Gasteiger partial charge on any atom is 0.252 e. The fourth-order valence-electron chi connectivity index (χ4n) is 4.35. The number of nitrogens with zero attached hydrogens (tertiary/aromatic N) is 1. The minimum Gasteiger partial charge on any atom is -0.486 e. The van der Waals surface area contributed by atoms with E-state index in [9.17, 15) is 13.2 Å². The van der Waals surface area contributed by atoms with Crippen LogP contribution < -0.4 is 15.0 Å². The molecule has 3 aromatic rings. The number of benzene rings is 2. The zero-order chi connectivity index (χ0) is 23.9. The molecule has 1 saturated heterocycles. The molecule has 34 heavy (non-hydrogen) atoms. The van der Waals surface area contributed by atoms with Gasteiger partial charge in [0.1, 0.15) is 13.2 Å². The molecule has 180 valence electrons. The average Bonchev–Trinajstić information content (AvgIpc) is 3.32. The second-order valence-electron chi connectivity index (χ2n) is 8.55. The number of aryl methyl sites for hydroxylation is 1. The molecule has 8 nitrogen and oxygen atoms in total. The molecule has 0 amide bonds. The summed E-state index contributed by atoms with van der Waals surface area (Å²) in [6.45, 7) is 3.25. The lowest BCUT2D eigenvalue weighted by Crippen LogP contribution is -2.38. The number of aromatic nitrogens is 1. The zero-order valence-electron chi connectivity index (χ0n) is 18.7. The number of H-pyrrole nitrogens is 1. The van der Waals surface area contributed by atoms with E-state index in [1.165, 1.54) is 10.4 Å². The summed E-state index contributed by atoms with van der Waals surface area (Å²) in [5.41, 5.74) is 1.14. The number of nitrogens with one attached hydrogen (secondary N) is 1. The van der Waals surface area contributed by atoms with Gasteiger partial charge >= 0.3 is 0 Å². The highest BCUT2D eigenvalue weighted by Crippen LogP contribution is 2.34. The van der Waals surface area contributed by atoms with E-state index in [0.717, 1.165) is 18.2 Å². The highest BCUT2D eigenvalue weighted by molar-refractivity contribution is 7.89. The van der Waals surface area contributed by atoms with Gasteiger partial charge in [0, 0.05) is 41.7 Å². The van der Waals surface area contributed by atoms with Gasteiger partial charge in [-0.05, 0) is 49.6 Å². The van der Waals surface area contributed by atoms with Crippen LogP contribution in [-0.4, -0.2) is 50.2 Å². The van der Waals surface area contributed by atoms with E-state index in [-0.39, 0.29) is 29.6 Å². The van der Waals surface area contributed by atoms with E-state index in [1.54, 1.807) is 37.3 Å². The van der Waals surface area contributed by atoms with Crippen molar-refractivity contribution in [2.24, 2.45) is 0 Å². The van der Waals surface area contributed by atoms with E-state index in [0.29, 0.717) is 53.0 Å². The normalized spacial score (nSPS) is 18.0. The number of pyridine rings is 1. The summed E-state index contributed by atoms with van der Waals surface area (Å²) in [5, 5.41) is 1.06. The van der Waals surface area contributed by atoms with Crippen LogP contribution >= 0.6 is 11.6 Å². The first kappa shape index (κ1) is 23.2. The fraction of sp³-hybridized carbons (Fsp3) is 0.375. The summed E-state index contributed by atoms with van der Waals surface area (Å²) in [5.74, 6) is 1.16. The number of hydrogen-bond donors (Lipinski definition) is 1. The van der Waals surface area contributed by atoms with Crippen LogP contribution in [-0.2, 0) is 21.3 Å². The van der Waals surface area contributed by atoms with Crippen LogP contribution in [0.1, 0.15) is 24.0 Å². The van der Waals surface area contributed by atoms with Crippen molar-refractivity contribution in [3.8, 4) is 11.5 Å². The minimum absolute atomic E-state index is 0.103. The average molecular weight is 505 g/mol. The molecule has 2 aliphatic heterocycles. The van der Waals surface area contributed by atoms with Gasteiger partial charge in [-0.25, -0.2) is 8.42 Å². The van der Waals surface area contributed by atoms with Gasteiger partial charge < -0.3 is 19.2 Å². The molecule has 0 spiro atoms.